The molecule has 3 aromatic rings. The molecule has 0 bridgehead atoms. The lowest BCUT2D eigenvalue weighted by molar-refractivity contribution is 0.251. The number of furan rings is 2. The summed E-state index contributed by atoms with van der Waals surface area (Å²) >= 11 is 5.55. The molecule has 3 aromatic heterocycles. The van der Waals surface area contributed by atoms with Gasteiger partial charge in [0.1, 0.15) is 17.6 Å². The third-order valence-corrected chi connectivity index (χ3v) is 4.29. The van der Waals surface area contributed by atoms with Crippen LogP contribution in [0.3, 0.4) is 0 Å². The first kappa shape index (κ1) is 14.0. The summed E-state index contributed by atoms with van der Waals surface area (Å²) in [5, 5.41) is 4.03. The minimum Gasteiger partial charge on any atom is -0.467 e. The third-order valence-electron chi connectivity index (χ3n) is 3.94. The molecule has 1 N–H and O–H groups in total. The van der Waals surface area contributed by atoms with E-state index in [0.29, 0.717) is 11.7 Å². The van der Waals surface area contributed by atoms with Crippen LogP contribution in [0.25, 0.3) is 0 Å². The van der Waals surface area contributed by atoms with Crippen LogP contribution < -0.4 is 5.32 Å². The van der Waals surface area contributed by atoms with Crippen molar-refractivity contribution in [3.05, 3.63) is 78.4 Å². The van der Waals surface area contributed by atoms with Gasteiger partial charge < -0.3 is 19.1 Å². The highest BCUT2D eigenvalue weighted by Gasteiger charge is 2.41. The second-order valence-corrected chi connectivity index (χ2v) is 5.74. The van der Waals surface area contributed by atoms with E-state index in [1.165, 1.54) is 0 Å². The van der Waals surface area contributed by atoms with E-state index in [1.807, 2.05) is 42.5 Å². The lowest BCUT2D eigenvalue weighted by atomic mass is 10.0. The Morgan fingerprint density at radius 2 is 1.96 bits per heavy atom. The fraction of sp³-hybridized carbons (Fsp3) is 0.176. The summed E-state index contributed by atoms with van der Waals surface area (Å²) < 4.78 is 11.1. The highest BCUT2D eigenvalue weighted by Crippen LogP contribution is 2.39. The van der Waals surface area contributed by atoms with Gasteiger partial charge in [-0.25, -0.2) is 0 Å². The van der Waals surface area contributed by atoms with Crippen LogP contribution in [0.1, 0.15) is 29.3 Å². The minimum atomic E-state index is -0.0718. The molecule has 1 aliphatic rings. The van der Waals surface area contributed by atoms with Crippen molar-refractivity contribution in [3.63, 3.8) is 0 Å². The quantitative estimate of drug-likeness (QED) is 0.742. The molecular formula is C17H15N3O2S. The Morgan fingerprint density at radius 1 is 1.09 bits per heavy atom. The van der Waals surface area contributed by atoms with E-state index in [0.717, 1.165) is 17.2 Å². The zero-order chi connectivity index (χ0) is 15.6. The first-order valence-corrected chi connectivity index (χ1v) is 7.77. The van der Waals surface area contributed by atoms with Crippen molar-refractivity contribution < 1.29 is 8.83 Å². The molecule has 4 heterocycles. The van der Waals surface area contributed by atoms with Crippen LogP contribution in [0.2, 0.25) is 0 Å². The lowest BCUT2D eigenvalue weighted by Crippen LogP contribution is -2.28. The summed E-state index contributed by atoms with van der Waals surface area (Å²) in [6, 6.07) is 13.4. The van der Waals surface area contributed by atoms with Gasteiger partial charge >= 0.3 is 0 Å². The summed E-state index contributed by atoms with van der Waals surface area (Å²) in [4.78, 5) is 6.55. The monoisotopic (exact) mass is 325 g/mol. The molecule has 4 rings (SSSR count). The Kier molecular flexibility index (Phi) is 3.59. The first-order chi connectivity index (χ1) is 11.3. The normalized spacial score (nSPS) is 20.7. The highest BCUT2D eigenvalue weighted by atomic mass is 32.1. The molecule has 6 heteroatoms. The molecule has 23 heavy (non-hydrogen) atoms. The van der Waals surface area contributed by atoms with Gasteiger partial charge in [0, 0.05) is 6.20 Å². The molecular weight excluding hydrogens is 310 g/mol. The molecule has 0 aromatic carbocycles. The summed E-state index contributed by atoms with van der Waals surface area (Å²) in [6.45, 7) is 0.577. The van der Waals surface area contributed by atoms with Crippen molar-refractivity contribution in [1.29, 1.82) is 0 Å². The fourth-order valence-electron chi connectivity index (χ4n) is 2.91. The standard InChI is InChI=1S/C17H15N3O2S/c23-17-19-15(13-6-1-2-8-18-13)16(14-7-4-10-22-14)20(17)11-12-5-3-9-21-12/h1-10,15-16H,11H2,(H,19,23)/t15-,16+/m1/s1. The lowest BCUT2D eigenvalue weighted by Gasteiger charge is -2.25. The zero-order valence-electron chi connectivity index (χ0n) is 12.3. The van der Waals surface area contributed by atoms with Crippen molar-refractivity contribution in [3.8, 4) is 0 Å². The molecule has 0 saturated carbocycles. The summed E-state index contributed by atoms with van der Waals surface area (Å²) in [5.74, 6) is 1.70. The number of nitrogens with zero attached hydrogens (tertiary/aromatic N) is 2. The van der Waals surface area contributed by atoms with Gasteiger partial charge in [-0.2, -0.15) is 0 Å². The number of aromatic nitrogens is 1. The van der Waals surface area contributed by atoms with Crippen molar-refractivity contribution in [1.82, 2.24) is 15.2 Å². The molecule has 0 radical (unpaired) electrons. The van der Waals surface area contributed by atoms with E-state index >= 15 is 0 Å². The van der Waals surface area contributed by atoms with Gasteiger partial charge in [-0.1, -0.05) is 6.07 Å². The third kappa shape index (κ3) is 2.61. The Balaban J connectivity index is 1.71. The van der Waals surface area contributed by atoms with Gasteiger partial charge in [0.05, 0.1) is 30.8 Å². The van der Waals surface area contributed by atoms with Crippen LogP contribution in [-0.2, 0) is 6.54 Å². The minimum absolute atomic E-state index is 0.0650. The summed E-state index contributed by atoms with van der Waals surface area (Å²) in [7, 11) is 0. The largest absolute Gasteiger partial charge is 0.467 e. The van der Waals surface area contributed by atoms with Crippen LogP contribution in [0.15, 0.2) is 70.0 Å². The first-order valence-electron chi connectivity index (χ1n) is 7.37. The SMILES string of the molecule is S=C1N[C@H](c2ccccn2)[C@H](c2ccco2)N1Cc1ccco1. The van der Waals surface area contributed by atoms with Gasteiger partial charge in [0.25, 0.3) is 0 Å². The Hall–Kier alpha value is -2.60. The number of nitrogens with one attached hydrogen (secondary N) is 1. The molecule has 0 aliphatic carbocycles. The van der Waals surface area contributed by atoms with Gasteiger partial charge in [-0.15, -0.1) is 0 Å². The molecule has 5 nitrogen and oxygen atoms in total. The molecule has 0 spiro atoms. The molecule has 0 amide bonds. The van der Waals surface area contributed by atoms with Crippen molar-refractivity contribution in [2.45, 2.75) is 18.6 Å². The number of pyridine rings is 1. The Bertz CT molecular complexity index is 772. The molecule has 1 aliphatic heterocycles. The number of hydrogen-bond acceptors (Lipinski definition) is 4. The second-order valence-electron chi connectivity index (χ2n) is 5.35. The average molecular weight is 325 g/mol. The summed E-state index contributed by atoms with van der Waals surface area (Å²) in [5.41, 5.74) is 0.929. The number of thiocarbonyl (C=S) groups is 1. The van der Waals surface area contributed by atoms with E-state index < -0.39 is 0 Å². The smallest absolute Gasteiger partial charge is 0.170 e. The fourth-order valence-corrected chi connectivity index (χ4v) is 3.22. The molecule has 0 unspecified atom stereocenters. The second kappa shape index (κ2) is 5.89. The molecule has 116 valence electrons. The molecule has 1 saturated heterocycles. The summed E-state index contributed by atoms with van der Waals surface area (Å²) in [6.07, 6.45) is 5.13. The maximum Gasteiger partial charge on any atom is 0.170 e. The maximum absolute atomic E-state index is 5.67. The zero-order valence-corrected chi connectivity index (χ0v) is 13.1. The Morgan fingerprint density at radius 3 is 2.65 bits per heavy atom. The van der Waals surface area contributed by atoms with Gasteiger partial charge in [0.15, 0.2) is 5.11 Å². The molecule has 1 fully saturated rings. The maximum atomic E-state index is 5.67. The molecule has 2 atom stereocenters. The van der Waals surface area contributed by atoms with Crippen LogP contribution in [0.5, 0.6) is 0 Å². The van der Waals surface area contributed by atoms with Crippen LogP contribution in [-0.4, -0.2) is 15.0 Å². The highest BCUT2D eigenvalue weighted by molar-refractivity contribution is 7.80. The van der Waals surface area contributed by atoms with E-state index in [2.05, 4.69) is 15.2 Å². The van der Waals surface area contributed by atoms with Gasteiger partial charge in [-0.3, -0.25) is 4.98 Å². The van der Waals surface area contributed by atoms with E-state index in [-0.39, 0.29) is 12.1 Å². The number of rotatable bonds is 4. The van der Waals surface area contributed by atoms with Crippen molar-refractivity contribution >= 4 is 17.3 Å². The average Bonchev–Trinajstić information content (AvgIpc) is 3.31. The van der Waals surface area contributed by atoms with Gasteiger partial charge in [-0.05, 0) is 48.6 Å². The Labute approximate surface area is 138 Å². The topological polar surface area (TPSA) is 54.4 Å². The van der Waals surface area contributed by atoms with E-state index in [1.54, 1.807) is 18.7 Å². The van der Waals surface area contributed by atoms with Gasteiger partial charge in [0.2, 0.25) is 0 Å². The van der Waals surface area contributed by atoms with Crippen LogP contribution in [0.4, 0.5) is 0 Å². The predicted octanol–water partition coefficient (Wildman–Crippen LogP) is 3.44. The van der Waals surface area contributed by atoms with E-state index in [4.69, 9.17) is 21.1 Å². The van der Waals surface area contributed by atoms with Crippen molar-refractivity contribution in [2.24, 2.45) is 0 Å². The van der Waals surface area contributed by atoms with Crippen molar-refractivity contribution in [2.75, 3.05) is 0 Å². The number of hydrogen-bond donors (Lipinski definition) is 1. The van der Waals surface area contributed by atoms with Crippen LogP contribution >= 0.6 is 12.2 Å². The van der Waals surface area contributed by atoms with E-state index in [9.17, 15) is 0 Å². The van der Waals surface area contributed by atoms with Crippen LogP contribution in [0, 0.1) is 0 Å². The predicted molar refractivity (Wildman–Crippen MR) is 88.4 cm³/mol.